The summed E-state index contributed by atoms with van der Waals surface area (Å²) in [5.74, 6) is 0. The number of isocyanates is 1. The molecule has 0 radical (unpaired) electrons. The third kappa shape index (κ3) is 4.54. The van der Waals surface area contributed by atoms with Gasteiger partial charge in [-0.05, 0) is 25.0 Å². The Morgan fingerprint density at radius 1 is 1.27 bits per heavy atom. The van der Waals surface area contributed by atoms with E-state index >= 15 is 0 Å². The van der Waals surface area contributed by atoms with Crippen molar-refractivity contribution in [2.24, 2.45) is 4.99 Å². The number of benzene rings is 1. The maximum absolute atomic E-state index is 9.91. The summed E-state index contributed by atoms with van der Waals surface area (Å²) in [6, 6.07) is 7.69. The van der Waals surface area contributed by atoms with Crippen LogP contribution in [0, 0.1) is 0 Å². The monoisotopic (exact) mass is 205 g/mol. The van der Waals surface area contributed by atoms with Gasteiger partial charge in [0.2, 0.25) is 6.08 Å². The first-order valence-corrected chi connectivity index (χ1v) is 4.85. The van der Waals surface area contributed by atoms with Crippen LogP contribution in [0.4, 0.5) is 0 Å². The van der Waals surface area contributed by atoms with E-state index in [4.69, 9.17) is 0 Å². The van der Waals surface area contributed by atoms with Crippen molar-refractivity contribution in [3.05, 3.63) is 35.4 Å². The fraction of sp³-hybridized carbons (Fsp3) is 0.417. The molecule has 0 heterocycles. The van der Waals surface area contributed by atoms with Gasteiger partial charge in [0.1, 0.15) is 0 Å². The van der Waals surface area contributed by atoms with Crippen molar-refractivity contribution in [2.45, 2.75) is 32.4 Å². The van der Waals surface area contributed by atoms with Crippen LogP contribution >= 0.6 is 0 Å². The average molecular weight is 205 g/mol. The second-order valence-corrected chi connectivity index (χ2v) is 4.21. The van der Waals surface area contributed by atoms with Gasteiger partial charge in [-0.1, -0.05) is 24.3 Å². The summed E-state index contributed by atoms with van der Waals surface area (Å²) in [7, 11) is 0. The largest absolute Gasteiger partial charge is 0.390 e. The maximum atomic E-state index is 9.91. The molecule has 3 nitrogen and oxygen atoms in total. The van der Waals surface area contributed by atoms with Gasteiger partial charge in [-0.2, -0.15) is 0 Å². The van der Waals surface area contributed by atoms with Crippen molar-refractivity contribution >= 4 is 6.08 Å². The molecule has 0 saturated carbocycles. The van der Waals surface area contributed by atoms with Crippen LogP contribution in [-0.2, 0) is 17.8 Å². The highest BCUT2D eigenvalue weighted by Crippen LogP contribution is 2.13. The van der Waals surface area contributed by atoms with E-state index in [2.05, 4.69) is 4.99 Å². The standard InChI is InChI=1S/C12H15NO2/c1-12(2,15)7-10-3-5-11(6-4-10)8-13-9-14/h3-6,15H,7-8H2,1-2H3. The van der Waals surface area contributed by atoms with E-state index in [9.17, 15) is 9.90 Å². The zero-order valence-corrected chi connectivity index (χ0v) is 9.03. The minimum atomic E-state index is -0.692. The molecular weight excluding hydrogens is 190 g/mol. The quantitative estimate of drug-likeness (QED) is 0.602. The van der Waals surface area contributed by atoms with E-state index in [0.717, 1.165) is 11.1 Å². The molecule has 1 aromatic carbocycles. The molecule has 0 unspecified atom stereocenters. The molecule has 0 amide bonds. The van der Waals surface area contributed by atoms with Crippen LogP contribution in [0.15, 0.2) is 29.3 Å². The van der Waals surface area contributed by atoms with Gasteiger partial charge in [-0.15, -0.1) is 0 Å². The number of rotatable bonds is 4. The van der Waals surface area contributed by atoms with Crippen molar-refractivity contribution in [1.82, 2.24) is 0 Å². The summed E-state index contributed by atoms with van der Waals surface area (Å²) in [6.45, 7) is 3.92. The van der Waals surface area contributed by atoms with Crippen molar-refractivity contribution in [1.29, 1.82) is 0 Å². The van der Waals surface area contributed by atoms with Crippen LogP contribution in [0.5, 0.6) is 0 Å². The first kappa shape index (κ1) is 11.6. The topological polar surface area (TPSA) is 49.7 Å². The molecule has 0 aliphatic carbocycles. The first-order chi connectivity index (χ1) is 7.01. The molecule has 0 aliphatic heterocycles. The van der Waals surface area contributed by atoms with Gasteiger partial charge in [0.05, 0.1) is 12.1 Å². The van der Waals surface area contributed by atoms with E-state index in [1.165, 1.54) is 6.08 Å². The highest BCUT2D eigenvalue weighted by atomic mass is 16.3. The normalized spacial score (nSPS) is 10.9. The molecule has 1 N–H and O–H groups in total. The van der Waals surface area contributed by atoms with Gasteiger partial charge >= 0.3 is 0 Å². The molecule has 0 aromatic heterocycles. The summed E-state index contributed by atoms with van der Waals surface area (Å²) in [6.07, 6.45) is 2.12. The minimum Gasteiger partial charge on any atom is -0.390 e. The van der Waals surface area contributed by atoms with Crippen LogP contribution in [0.25, 0.3) is 0 Å². The molecule has 0 aliphatic rings. The number of hydrogen-bond acceptors (Lipinski definition) is 3. The molecule has 3 heteroatoms. The fourth-order valence-corrected chi connectivity index (χ4v) is 1.39. The van der Waals surface area contributed by atoms with Gasteiger partial charge in [0.25, 0.3) is 0 Å². The van der Waals surface area contributed by atoms with Crippen LogP contribution in [-0.4, -0.2) is 16.8 Å². The number of carbonyl (C=O) groups excluding carboxylic acids is 1. The Bertz CT molecular complexity index is 356. The average Bonchev–Trinajstić information content (AvgIpc) is 2.14. The van der Waals surface area contributed by atoms with Gasteiger partial charge < -0.3 is 5.11 Å². The predicted molar refractivity (Wildman–Crippen MR) is 58.3 cm³/mol. The van der Waals surface area contributed by atoms with Gasteiger partial charge in [-0.25, -0.2) is 9.79 Å². The van der Waals surface area contributed by atoms with E-state index < -0.39 is 5.60 Å². The van der Waals surface area contributed by atoms with E-state index in [1.54, 1.807) is 13.8 Å². The number of nitrogens with zero attached hydrogens (tertiary/aromatic N) is 1. The molecule has 0 atom stereocenters. The van der Waals surface area contributed by atoms with Gasteiger partial charge in [0, 0.05) is 6.42 Å². The zero-order valence-electron chi connectivity index (χ0n) is 9.03. The SMILES string of the molecule is CC(C)(O)Cc1ccc(CN=C=O)cc1. The number of aliphatic imine (C=N–C) groups is 1. The lowest BCUT2D eigenvalue weighted by molar-refractivity contribution is 0.0810. The van der Waals surface area contributed by atoms with Crippen LogP contribution in [0.1, 0.15) is 25.0 Å². The second kappa shape index (κ2) is 4.87. The Labute approximate surface area is 89.5 Å². The third-order valence-electron chi connectivity index (χ3n) is 1.99. The lowest BCUT2D eigenvalue weighted by Crippen LogP contribution is -2.21. The highest BCUT2D eigenvalue weighted by Gasteiger charge is 2.12. The van der Waals surface area contributed by atoms with Gasteiger partial charge in [0.15, 0.2) is 0 Å². The highest BCUT2D eigenvalue weighted by molar-refractivity contribution is 5.34. The maximum Gasteiger partial charge on any atom is 0.235 e. The smallest absolute Gasteiger partial charge is 0.235 e. The molecule has 1 aromatic rings. The lowest BCUT2D eigenvalue weighted by Gasteiger charge is -2.16. The summed E-state index contributed by atoms with van der Waals surface area (Å²) in [5.41, 5.74) is 1.35. The van der Waals surface area contributed by atoms with Crippen molar-refractivity contribution in [3.8, 4) is 0 Å². The summed E-state index contributed by atoms with van der Waals surface area (Å²) < 4.78 is 0. The van der Waals surface area contributed by atoms with E-state index in [0.29, 0.717) is 13.0 Å². The Balaban J connectivity index is 2.68. The van der Waals surface area contributed by atoms with Crippen LogP contribution < -0.4 is 0 Å². The molecule has 80 valence electrons. The predicted octanol–water partition coefficient (Wildman–Crippen LogP) is 1.84. The summed E-state index contributed by atoms with van der Waals surface area (Å²) in [5, 5.41) is 9.61. The minimum absolute atomic E-state index is 0.367. The summed E-state index contributed by atoms with van der Waals surface area (Å²) >= 11 is 0. The number of hydrogen-bond donors (Lipinski definition) is 1. The van der Waals surface area contributed by atoms with Crippen LogP contribution in [0.2, 0.25) is 0 Å². The molecule has 15 heavy (non-hydrogen) atoms. The van der Waals surface area contributed by atoms with Gasteiger partial charge in [-0.3, -0.25) is 0 Å². The zero-order chi connectivity index (χ0) is 11.3. The molecule has 0 saturated heterocycles. The fourth-order valence-electron chi connectivity index (χ4n) is 1.39. The molecule has 0 spiro atoms. The molecule has 1 rings (SSSR count). The molecule has 0 fully saturated rings. The van der Waals surface area contributed by atoms with E-state index in [-0.39, 0.29) is 0 Å². The Hall–Kier alpha value is -1.44. The Morgan fingerprint density at radius 2 is 1.80 bits per heavy atom. The van der Waals surface area contributed by atoms with Crippen molar-refractivity contribution in [2.75, 3.05) is 0 Å². The Kier molecular flexibility index (Phi) is 3.78. The summed E-state index contributed by atoms with van der Waals surface area (Å²) in [4.78, 5) is 13.4. The molecular formula is C12H15NO2. The van der Waals surface area contributed by atoms with Crippen molar-refractivity contribution in [3.63, 3.8) is 0 Å². The first-order valence-electron chi connectivity index (χ1n) is 4.85. The Morgan fingerprint density at radius 3 is 2.27 bits per heavy atom. The number of aliphatic hydroxyl groups is 1. The second-order valence-electron chi connectivity index (χ2n) is 4.21. The molecule has 0 bridgehead atoms. The van der Waals surface area contributed by atoms with Crippen LogP contribution in [0.3, 0.4) is 0 Å². The van der Waals surface area contributed by atoms with E-state index in [1.807, 2.05) is 24.3 Å². The lowest BCUT2D eigenvalue weighted by atomic mass is 9.98. The van der Waals surface area contributed by atoms with Crippen molar-refractivity contribution < 1.29 is 9.90 Å². The third-order valence-corrected chi connectivity index (χ3v) is 1.99.